The Bertz CT molecular complexity index is 907. The van der Waals surface area contributed by atoms with E-state index in [2.05, 4.69) is 16.3 Å². The number of benzene rings is 2. The first-order valence-corrected chi connectivity index (χ1v) is 8.97. The van der Waals surface area contributed by atoms with E-state index in [0.717, 1.165) is 22.6 Å². The van der Waals surface area contributed by atoms with Crippen LogP contribution in [0.25, 0.3) is 17.1 Å². The molecule has 0 atom stereocenters. The Hall–Kier alpha value is -2.80. The highest BCUT2D eigenvalue weighted by atomic mass is 32.2. The lowest BCUT2D eigenvalue weighted by Gasteiger charge is -2.11. The van der Waals surface area contributed by atoms with E-state index in [0.29, 0.717) is 11.0 Å². The Kier molecular flexibility index (Phi) is 5.58. The maximum absolute atomic E-state index is 11.5. The summed E-state index contributed by atoms with van der Waals surface area (Å²) in [6.45, 7) is 2.03. The summed E-state index contributed by atoms with van der Waals surface area (Å²) in [6.07, 6.45) is 0. The lowest BCUT2D eigenvalue weighted by molar-refractivity contribution is -0.137. The average Bonchev–Trinajstić information content (AvgIpc) is 3.10. The molecule has 0 aliphatic heterocycles. The first-order chi connectivity index (χ1) is 12.6. The van der Waals surface area contributed by atoms with Crippen molar-refractivity contribution < 1.29 is 14.3 Å². The first kappa shape index (κ1) is 18.0. The fraction of sp³-hybridized carbons (Fsp3) is 0.211. The van der Waals surface area contributed by atoms with Crippen molar-refractivity contribution in [1.82, 2.24) is 14.8 Å². The molecule has 0 fully saturated rings. The molecular formula is C19H19N3O3S. The van der Waals surface area contributed by atoms with Crippen LogP contribution in [0.4, 0.5) is 0 Å². The van der Waals surface area contributed by atoms with Crippen LogP contribution in [0, 0.1) is 6.92 Å². The molecule has 6 nitrogen and oxygen atoms in total. The van der Waals surface area contributed by atoms with Crippen molar-refractivity contribution in [2.45, 2.75) is 12.1 Å². The molecule has 7 heteroatoms. The third-order valence-corrected chi connectivity index (χ3v) is 4.69. The zero-order chi connectivity index (χ0) is 18.5. The second kappa shape index (κ2) is 8.05. The van der Waals surface area contributed by atoms with Crippen molar-refractivity contribution in [3.8, 4) is 22.8 Å². The molecule has 3 aromatic rings. The molecule has 0 N–H and O–H groups in total. The second-order valence-electron chi connectivity index (χ2n) is 5.57. The highest BCUT2D eigenvalue weighted by Crippen LogP contribution is 2.29. The van der Waals surface area contributed by atoms with Gasteiger partial charge in [-0.2, -0.15) is 0 Å². The Morgan fingerprint density at radius 2 is 1.88 bits per heavy atom. The van der Waals surface area contributed by atoms with Crippen LogP contribution in [-0.4, -0.2) is 40.7 Å². The molecule has 0 bridgehead atoms. The molecule has 0 unspecified atom stereocenters. The number of rotatable bonds is 6. The van der Waals surface area contributed by atoms with Gasteiger partial charge in [-0.1, -0.05) is 35.5 Å². The van der Waals surface area contributed by atoms with E-state index in [9.17, 15) is 4.79 Å². The van der Waals surface area contributed by atoms with Crippen molar-refractivity contribution in [2.24, 2.45) is 0 Å². The largest absolute Gasteiger partial charge is 0.497 e. The van der Waals surface area contributed by atoms with E-state index in [-0.39, 0.29) is 11.7 Å². The highest BCUT2D eigenvalue weighted by molar-refractivity contribution is 7.99. The normalized spacial score (nSPS) is 10.6. The molecule has 0 saturated carbocycles. The molecule has 134 valence electrons. The van der Waals surface area contributed by atoms with Crippen LogP contribution >= 0.6 is 11.8 Å². The van der Waals surface area contributed by atoms with Gasteiger partial charge < -0.3 is 9.47 Å². The summed E-state index contributed by atoms with van der Waals surface area (Å²) in [5.41, 5.74) is 2.98. The number of hydrogen-bond acceptors (Lipinski definition) is 6. The number of carbonyl (C=O) groups is 1. The highest BCUT2D eigenvalue weighted by Gasteiger charge is 2.17. The Morgan fingerprint density at radius 3 is 2.54 bits per heavy atom. The number of aryl methyl sites for hydroxylation is 1. The number of carbonyl (C=O) groups excluding carboxylic acids is 1. The van der Waals surface area contributed by atoms with Crippen molar-refractivity contribution in [1.29, 1.82) is 0 Å². The minimum absolute atomic E-state index is 0.165. The molecule has 2 aromatic carbocycles. The van der Waals surface area contributed by atoms with Gasteiger partial charge in [-0.25, -0.2) is 0 Å². The SMILES string of the molecule is COC(=O)CSc1nnc(-c2cccc(C)c2)n1-c1ccc(OC)cc1. The number of hydrogen-bond donors (Lipinski definition) is 0. The minimum atomic E-state index is -0.309. The fourth-order valence-electron chi connectivity index (χ4n) is 2.48. The molecule has 0 saturated heterocycles. The van der Waals surface area contributed by atoms with Crippen LogP contribution in [0.3, 0.4) is 0 Å². The predicted octanol–water partition coefficient (Wildman–Crippen LogP) is 3.52. The van der Waals surface area contributed by atoms with Gasteiger partial charge >= 0.3 is 5.97 Å². The first-order valence-electron chi connectivity index (χ1n) is 7.99. The molecule has 1 aromatic heterocycles. The standard InChI is InChI=1S/C19H19N3O3S/c1-13-5-4-6-14(11-13)18-20-21-19(26-12-17(23)25-3)22(18)15-7-9-16(24-2)10-8-15/h4-11H,12H2,1-3H3. The van der Waals surface area contributed by atoms with Crippen LogP contribution in [0.2, 0.25) is 0 Å². The maximum atomic E-state index is 11.5. The number of ether oxygens (including phenoxy) is 2. The number of aromatic nitrogens is 3. The average molecular weight is 369 g/mol. The van der Waals surface area contributed by atoms with E-state index in [1.54, 1.807) is 7.11 Å². The molecule has 26 heavy (non-hydrogen) atoms. The van der Waals surface area contributed by atoms with Gasteiger partial charge in [-0.05, 0) is 37.3 Å². The molecule has 1 heterocycles. The molecule has 0 amide bonds. The van der Waals surface area contributed by atoms with Crippen LogP contribution in [0.5, 0.6) is 5.75 Å². The van der Waals surface area contributed by atoms with Crippen molar-refractivity contribution in [3.05, 3.63) is 54.1 Å². The molecule has 0 radical (unpaired) electrons. The van der Waals surface area contributed by atoms with Crippen molar-refractivity contribution in [3.63, 3.8) is 0 Å². The quantitative estimate of drug-likeness (QED) is 0.489. The Labute approximate surface area is 156 Å². The zero-order valence-electron chi connectivity index (χ0n) is 14.8. The Morgan fingerprint density at radius 1 is 1.12 bits per heavy atom. The summed E-state index contributed by atoms with van der Waals surface area (Å²) in [4.78, 5) is 11.5. The lowest BCUT2D eigenvalue weighted by Crippen LogP contribution is -2.05. The third-order valence-electron chi connectivity index (χ3n) is 3.79. The topological polar surface area (TPSA) is 66.2 Å². The van der Waals surface area contributed by atoms with Crippen LogP contribution in [-0.2, 0) is 9.53 Å². The van der Waals surface area contributed by atoms with Gasteiger partial charge in [-0.15, -0.1) is 10.2 Å². The van der Waals surface area contributed by atoms with E-state index in [4.69, 9.17) is 9.47 Å². The number of thioether (sulfide) groups is 1. The molecule has 0 aliphatic carbocycles. The zero-order valence-corrected chi connectivity index (χ0v) is 15.6. The van der Waals surface area contributed by atoms with Gasteiger partial charge in [-0.3, -0.25) is 9.36 Å². The molecule has 0 aliphatic rings. The summed E-state index contributed by atoms with van der Waals surface area (Å²) in [7, 11) is 3.00. The monoisotopic (exact) mass is 369 g/mol. The van der Waals surface area contributed by atoms with E-state index >= 15 is 0 Å². The molecule has 3 rings (SSSR count). The van der Waals surface area contributed by atoms with Crippen molar-refractivity contribution in [2.75, 3.05) is 20.0 Å². The summed E-state index contributed by atoms with van der Waals surface area (Å²) in [6, 6.07) is 15.7. The van der Waals surface area contributed by atoms with Crippen LogP contribution in [0.1, 0.15) is 5.56 Å². The smallest absolute Gasteiger partial charge is 0.316 e. The van der Waals surface area contributed by atoms with Crippen LogP contribution < -0.4 is 4.74 Å². The maximum Gasteiger partial charge on any atom is 0.316 e. The second-order valence-corrected chi connectivity index (χ2v) is 6.52. The fourth-order valence-corrected chi connectivity index (χ4v) is 3.27. The van der Waals surface area contributed by atoms with Gasteiger partial charge in [0.2, 0.25) is 0 Å². The summed E-state index contributed by atoms with van der Waals surface area (Å²) < 4.78 is 11.9. The van der Waals surface area contributed by atoms with Gasteiger partial charge in [0.15, 0.2) is 11.0 Å². The number of esters is 1. The molecule has 0 spiro atoms. The number of methoxy groups -OCH3 is 2. The summed E-state index contributed by atoms with van der Waals surface area (Å²) in [5, 5.41) is 9.27. The summed E-state index contributed by atoms with van der Waals surface area (Å²) >= 11 is 1.29. The molecular weight excluding hydrogens is 350 g/mol. The van der Waals surface area contributed by atoms with Crippen molar-refractivity contribution >= 4 is 17.7 Å². The van der Waals surface area contributed by atoms with Gasteiger partial charge in [0, 0.05) is 11.3 Å². The van der Waals surface area contributed by atoms with Gasteiger partial charge in [0.1, 0.15) is 5.75 Å². The van der Waals surface area contributed by atoms with Gasteiger partial charge in [0.05, 0.1) is 20.0 Å². The Balaban J connectivity index is 2.06. The van der Waals surface area contributed by atoms with Gasteiger partial charge in [0.25, 0.3) is 0 Å². The number of nitrogens with zero attached hydrogens (tertiary/aromatic N) is 3. The lowest BCUT2D eigenvalue weighted by atomic mass is 10.1. The third kappa shape index (κ3) is 3.88. The minimum Gasteiger partial charge on any atom is -0.497 e. The summed E-state index contributed by atoms with van der Waals surface area (Å²) in [5.74, 6) is 1.34. The predicted molar refractivity (Wildman–Crippen MR) is 101 cm³/mol. The van der Waals surface area contributed by atoms with Crippen LogP contribution in [0.15, 0.2) is 53.7 Å². The van der Waals surface area contributed by atoms with E-state index < -0.39 is 0 Å². The van der Waals surface area contributed by atoms with E-state index in [1.165, 1.54) is 18.9 Å². The van der Waals surface area contributed by atoms with E-state index in [1.807, 2.05) is 54.0 Å².